The number of aryl methyl sites for hydroxylation is 3. The van der Waals surface area contributed by atoms with E-state index in [1.807, 2.05) is 13.8 Å². The number of hydrogen-bond donors (Lipinski definition) is 1. The second-order valence-corrected chi connectivity index (χ2v) is 7.33. The first-order chi connectivity index (χ1) is 12.8. The smallest absolute Gasteiger partial charge is 0.263 e. The summed E-state index contributed by atoms with van der Waals surface area (Å²) < 4.78 is 11.8. The van der Waals surface area contributed by atoms with Crippen molar-refractivity contribution in [3.63, 3.8) is 0 Å². The van der Waals surface area contributed by atoms with Crippen molar-refractivity contribution < 1.29 is 14.3 Å². The monoisotopic (exact) mass is 387 g/mol. The van der Waals surface area contributed by atoms with Gasteiger partial charge in [-0.1, -0.05) is 0 Å². The van der Waals surface area contributed by atoms with Crippen molar-refractivity contribution >= 4 is 33.1 Å². The molecule has 0 atom stereocenters. The van der Waals surface area contributed by atoms with Crippen LogP contribution in [0, 0.1) is 20.8 Å². The highest BCUT2D eigenvalue weighted by Crippen LogP contribution is 2.29. The van der Waals surface area contributed by atoms with Crippen LogP contribution in [-0.2, 0) is 11.3 Å². The minimum absolute atomic E-state index is 0.128. The second kappa shape index (κ2) is 7.40. The second-order valence-electron chi connectivity index (χ2n) is 6.13. The molecule has 0 aliphatic rings. The highest BCUT2D eigenvalue weighted by atomic mass is 32.1. The van der Waals surface area contributed by atoms with Crippen molar-refractivity contribution in [2.75, 3.05) is 19.5 Å². The van der Waals surface area contributed by atoms with Gasteiger partial charge in [0, 0.05) is 10.9 Å². The fourth-order valence-electron chi connectivity index (χ4n) is 2.85. The zero-order valence-corrected chi connectivity index (χ0v) is 16.7. The van der Waals surface area contributed by atoms with Gasteiger partial charge in [0.05, 0.1) is 25.3 Å². The van der Waals surface area contributed by atoms with Gasteiger partial charge in [0.1, 0.15) is 28.7 Å². The first-order valence-corrected chi connectivity index (χ1v) is 9.16. The Bertz CT molecular complexity index is 1080. The van der Waals surface area contributed by atoms with Gasteiger partial charge in [0.25, 0.3) is 5.56 Å². The summed E-state index contributed by atoms with van der Waals surface area (Å²) >= 11 is 1.49. The lowest BCUT2D eigenvalue weighted by molar-refractivity contribution is -0.116. The van der Waals surface area contributed by atoms with Gasteiger partial charge >= 0.3 is 0 Å². The van der Waals surface area contributed by atoms with E-state index >= 15 is 0 Å². The molecule has 0 spiro atoms. The third-order valence-corrected chi connectivity index (χ3v) is 5.57. The van der Waals surface area contributed by atoms with Crippen molar-refractivity contribution in [3.05, 3.63) is 44.8 Å². The minimum Gasteiger partial charge on any atom is -0.497 e. The number of nitrogens with zero attached hydrogens (tertiary/aromatic N) is 2. The minimum atomic E-state index is -0.338. The third-order valence-electron chi connectivity index (χ3n) is 4.46. The quantitative estimate of drug-likeness (QED) is 0.728. The van der Waals surface area contributed by atoms with Crippen molar-refractivity contribution in [2.45, 2.75) is 27.3 Å². The summed E-state index contributed by atoms with van der Waals surface area (Å²) in [5, 5.41) is 3.36. The van der Waals surface area contributed by atoms with Gasteiger partial charge in [-0.05, 0) is 38.5 Å². The molecule has 0 fully saturated rings. The van der Waals surface area contributed by atoms with E-state index in [0.29, 0.717) is 33.2 Å². The van der Waals surface area contributed by atoms with E-state index in [-0.39, 0.29) is 18.0 Å². The van der Waals surface area contributed by atoms with Gasteiger partial charge in [-0.3, -0.25) is 14.2 Å². The predicted molar refractivity (Wildman–Crippen MR) is 106 cm³/mol. The number of fused-ring (bicyclic) bond motifs is 1. The van der Waals surface area contributed by atoms with Gasteiger partial charge in [-0.2, -0.15) is 0 Å². The molecule has 0 radical (unpaired) electrons. The van der Waals surface area contributed by atoms with Gasteiger partial charge in [-0.25, -0.2) is 4.98 Å². The van der Waals surface area contributed by atoms with E-state index in [2.05, 4.69) is 10.3 Å². The molecule has 8 heteroatoms. The maximum atomic E-state index is 12.9. The van der Waals surface area contributed by atoms with E-state index in [1.165, 1.54) is 23.0 Å². The maximum Gasteiger partial charge on any atom is 0.263 e. The van der Waals surface area contributed by atoms with Crippen LogP contribution in [0.1, 0.15) is 16.3 Å². The molecule has 0 saturated heterocycles. The molecule has 3 aromatic rings. The number of amides is 1. The maximum absolute atomic E-state index is 12.9. The molecule has 142 valence electrons. The molecule has 0 saturated carbocycles. The Labute approximate surface area is 160 Å². The van der Waals surface area contributed by atoms with Crippen LogP contribution in [0.2, 0.25) is 0 Å². The predicted octanol–water partition coefficient (Wildman–Crippen LogP) is 3.04. The van der Waals surface area contributed by atoms with Crippen LogP contribution in [0.15, 0.2) is 23.0 Å². The standard InChI is InChI=1S/C19H21N3O4S/c1-10-11(2)27-18-17(10)19(24)22(12(3)20-18)9-16(23)21-14-7-6-13(25-4)8-15(14)26-5/h6-8H,9H2,1-5H3,(H,21,23). The zero-order chi connectivity index (χ0) is 19.7. The number of aromatic nitrogens is 2. The van der Waals surface area contributed by atoms with Crippen LogP contribution in [0.3, 0.4) is 0 Å². The highest BCUT2D eigenvalue weighted by molar-refractivity contribution is 7.18. The zero-order valence-electron chi connectivity index (χ0n) is 15.9. The Kier molecular flexibility index (Phi) is 5.18. The average molecular weight is 387 g/mol. The molecule has 0 unspecified atom stereocenters. The Morgan fingerprint density at radius 1 is 1.22 bits per heavy atom. The summed E-state index contributed by atoms with van der Waals surface area (Å²) in [5.74, 6) is 1.26. The first-order valence-electron chi connectivity index (χ1n) is 8.34. The molecule has 2 heterocycles. The number of hydrogen-bond acceptors (Lipinski definition) is 6. The molecule has 2 aromatic heterocycles. The molecule has 7 nitrogen and oxygen atoms in total. The molecule has 0 aliphatic carbocycles. The molecule has 1 N–H and O–H groups in total. The number of carbonyl (C=O) groups is 1. The Hall–Kier alpha value is -2.87. The summed E-state index contributed by atoms with van der Waals surface area (Å²) in [6, 6.07) is 5.10. The van der Waals surface area contributed by atoms with Gasteiger partial charge in [0.2, 0.25) is 5.91 Å². The molecule has 3 rings (SSSR count). The lowest BCUT2D eigenvalue weighted by Crippen LogP contribution is -2.30. The Morgan fingerprint density at radius 3 is 2.63 bits per heavy atom. The van der Waals surface area contributed by atoms with Crippen molar-refractivity contribution in [3.8, 4) is 11.5 Å². The number of nitrogens with one attached hydrogen (secondary N) is 1. The van der Waals surface area contributed by atoms with Gasteiger partial charge < -0.3 is 14.8 Å². The van der Waals surface area contributed by atoms with E-state index < -0.39 is 0 Å². The molecular formula is C19H21N3O4S. The van der Waals surface area contributed by atoms with E-state index in [0.717, 1.165) is 10.4 Å². The number of ether oxygens (including phenoxy) is 2. The van der Waals surface area contributed by atoms with Crippen LogP contribution in [0.25, 0.3) is 10.2 Å². The number of anilines is 1. The lowest BCUT2D eigenvalue weighted by atomic mass is 10.2. The van der Waals surface area contributed by atoms with Crippen LogP contribution >= 0.6 is 11.3 Å². The normalized spacial score (nSPS) is 10.9. The Balaban J connectivity index is 1.91. The van der Waals surface area contributed by atoms with E-state index in [9.17, 15) is 9.59 Å². The number of benzene rings is 1. The van der Waals surface area contributed by atoms with Crippen molar-refractivity contribution in [2.24, 2.45) is 0 Å². The third kappa shape index (κ3) is 3.52. The topological polar surface area (TPSA) is 82.5 Å². The Morgan fingerprint density at radius 2 is 1.96 bits per heavy atom. The summed E-state index contributed by atoms with van der Waals surface area (Å²) in [6.45, 7) is 5.46. The van der Waals surface area contributed by atoms with Gasteiger partial charge in [0.15, 0.2) is 0 Å². The van der Waals surface area contributed by atoms with E-state index in [1.54, 1.807) is 32.2 Å². The molecule has 27 heavy (non-hydrogen) atoms. The number of rotatable bonds is 5. The summed E-state index contributed by atoms with van der Waals surface area (Å²) in [5.41, 5.74) is 1.22. The van der Waals surface area contributed by atoms with Crippen LogP contribution in [-0.4, -0.2) is 29.7 Å². The fourth-order valence-corrected chi connectivity index (χ4v) is 3.92. The molecule has 1 amide bonds. The van der Waals surface area contributed by atoms with Crippen LogP contribution in [0.4, 0.5) is 5.69 Å². The van der Waals surface area contributed by atoms with E-state index in [4.69, 9.17) is 9.47 Å². The number of carbonyl (C=O) groups excluding carboxylic acids is 1. The molecule has 0 bridgehead atoms. The van der Waals surface area contributed by atoms with Crippen LogP contribution < -0.4 is 20.3 Å². The fraction of sp³-hybridized carbons (Fsp3) is 0.316. The van der Waals surface area contributed by atoms with Crippen molar-refractivity contribution in [1.82, 2.24) is 9.55 Å². The highest BCUT2D eigenvalue weighted by Gasteiger charge is 2.17. The summed E-state index contributed by atoms with van der Waals surface area (Å²) in [6.07, 6.45) is 0. The summed E-state index contributed by atoms with van der Waals surface area (Å²) in [4.78, 5) is 31.7. The first kappa shape index (κ1) is 18.9. The number of methoxy groups -OCH3 is 2. The molecule has 0 aliphatic heterocycles. The van der Waals surface area contributed by atoms with Crippen molar-refractivity contribution in [1.29, 1.82) is 0 Å². The van der Waals surface area contributed by atoms with Gasteiger partial charge in [-0.15, -0.1) is 11.3 Å². The molecular weight excluding hydrogens is 366 g/mol. The number of thiophene rings is 1. The molecule has 1 aromatic carbocycles. The summed E-state index contributed by atoms with van der Waals surface area (Å²) in [7, 11) is 3.07. The SMILES string of the molecule is COc1ccc(NC(=O)Cn2c(C)nc3sc(C)c(C)c3c2=O)c(OC)c1. The largest absolute Gasteiger partial charge is 0.497 e. The average Bonchev–Trinajstić information content (AvgIpc) is 2.92. The van der Waals surface area contributed by atoms with Crippen LogP contribution in [0.5, 0.6) is 11.5 Å². The lowest BCUT2D eigenvalue weighted by Gasteiger charge is -2.13.